The highest BCUT2D eigenvalue weighted by atomic mass is 16.7. The average molecular weight is 489 g/mol. The molecule has 2 amide bonds. The minimum Gasteiger partial charge on any atom is -0.465 e. The second-order valence-corrected chi connectivity index (χ2v) is 9.34. The number of unbranched alkanes of at least 4 members (excludes halogenated alkanes) is 9. The first-order chi connectivity index (χ1) is 17.0. The number of carbonyl (C=O) groups is 2. The van der Waals surface area contributed by atoms with Gasteiger partial charge in [0.25, 0.3) is 5.91 Å². The lowest BCUT2D eigenvalue weighted by molar-refractivity contribution is -0.129. The van der Waals surface area contributed by atoms with E-state index in [2.05, 4.69) is 19.2 Å². The molecule has 1 atom stereocenters. The van der Waals surface area contributed by atoms with Crippen molar-refractivity contribution in [3.05, 3.63) is 35.9 Å². The second kappa shape index (κ2) is 18.9. The molecule has 0 aliphatic carbocycles. The third kappa shape index (κ3) is 12.3. The van der Waals surface area contributed by atoms with Gasteiger partial charge >= 0.3 is 6.09 Å². The quantitative estimate of drug-likeness (QED) is 0.116. The fourth-order valence-electron chi connectivity index (χ4n) is 4.20. The van der Waals surface area contributed by atoms with Crippen molar-refractivity contribution in [2.24, 2.45) is 5.92 Å². The van der Waals surface area contributed by atoms with E-state index in [4.69, 9.17) is 4.84 Å². The summed E-state index contributed by atoms with van der Waals surface area (Å²) in [7, 11) is 0. The first-order valence-electron chi connectivity index (χ1n) is 13.7. The molecule has 0 heterocycles. The molecule has 1 unspecified atom stereocenters. The summed E-state index contributed by atoms with van der Waals surface area (Å²) in [4.78, 5) is 30.8. The molecule has 0 aliphatic rings. The monoisotopic (exact) mass is 488 g/mol. The SMILES string of the molecule is CC=CCc1c(NC(=O)O)cccc1N(OCCCCCCCCCCCC)C(=O)C(C)CCC. The number of allylic oxidation sites excluding steroid dienone is 2. The van der Waals surface area contributed by atoms with E-state index in [9.17, 15) is 14.7 Å². The normalized spacial score (nSPS) is 12.1. The lowest BCUT2D eigenvalue weighted by Gasteiger charge is -2.27. The van der Waals surface area contributed by atoms with Crippen LogP contribution in [0.2, 0.25) is 0 Å². The van der Waals surface area contributed by atoms with Gasteiger partial charge in [-0.3, -0.25) is 14.9 Å². The summed E-state index contributed by atoms with van der Waals surface area (Å²) in [6.45, 7) is 8.61. The first-order valence-corrected chi connectivity index (χ1v) is 13.7. The molecular weight excluding hydrogens is 440 g/mol. The number of rotatable bonds is 19. The van der Waals surface area contributed by atoms with E-state index in [-0.39, 0.29) is 11.8 Å². The number of amides is 2. The lowest BCUT2D eigenvalue weighted by atomic mass is 10.0. The zero-order valence-electron chi connectivity index (χ0n) is 22.5. The Morgan fingerprint density at radius 2 is 1.63 bits per heavy atom. The molecule has 35 heavy (non-hydrogen) atoms. The summed E-state index contributed by atoms with van der Waals surface area (Å²) in [6.07, 6.45) is 17.2. The van der Waals surface area contributed by atoms with Gasteiger partial charge in [0.15, 0.2) is 0 Å². The van der Waals surface area contributed by atoms with Gasteiger partial charge in [0.2, 0.25) is 0 Å². The zero-order chi connectivity index (χ0) is 25.9. The van der Waals surface area contributed by atoms with Crippen LogP contribution < -0.4 is 10.4 Å². The minimum absolute atomic E-state index is 0.0897. The van der Waals surface area contributed by atoms with Gasteiger partial charge in [0, 0.05) is 17.2 Å². The van der Waals surface area contributed by atoms with Crippen LogP contribution in [0.25, 0.3) is 0 Å². The Hall–Kier alpha value is -2.34. The van der Waals surface area contributed by atoms with Crippen molar-refractivity contribution in [3.8, 4) is 0 Å². The average Bonchev–Trinajstić information content (AvgIpc) is 2.83. The fourth-order valence-corrected chi connectivity index (χ4v) is 4.20. The molecule has 0 aliphatic heterocycles. The summed E-state index contributed by atoms with van der Waals surface area (Å²) in [5, 5.41) is 13.2. The Morgan fingerprint density at radius 3 is 2.20 bits per heavy atom. The van der Waals surface area contributed by atoms with Crippen molar-refractivity contribution in [1.29, 1.82) is 0 Å². The molecule has 0 saturated heterocycles. The largest absolute Gasteiger partial charge is 0.465 e. The van der Waals surface area contributed by atoms with Gasteiger partial charge in [-0.25, -0.2) is 4.79 Å². The first kappa shape index (κ1) is 30.7. The summed E-state index contributed by atoms with van der Waals surface area (Å²) in [6, 6.07) is 5.31. The number of hydroxylamine groups is 1. The highest BCUT2D eigenvalue weighted by Gasteiger charge is 2.25. The number of carboxylic acid groups (broad SMARTS) is 1. The Balaban J connectivity index is 2.83. The Morgan fingerprint density at radius 1 is 1.00 bits per heavy atom. The van der Waals surface area contributed by atoms with Crippen LogP contribution in [0.15, 0.2) is 30.4 Å². The molecular formula is C29H48N2O4. The maximum Gasteiger partial charge on any atom is 0.409 e. The van der Waals surface area contributed by atoms with Gasteiger partial charge in [-0.15, -0.1) is 0 Å². The molecule has 1 aromatic carbocycles. The predicted octanol–water partition coefficient (Wildman–Crippen LogP) is 8.52. The maximum atomic E-state index is 13.4. The summed E-state index contributed by atoms with van der Waals surface area (Å²) in [5.41, 5.74) is 1.80. The summed E-state index contributed by atoms with van der Waals surface area (Å²) < 4.78 is 0. The summed E-state index contributed by atoms with van der Waals surface area (Å²) >= 11 is 0. The van der Waals surface area contributed by atoms with Crippen LogP contribution >= 0.6 is 0 Å². The Kier molecular flexibility index (Phi) is 16.6. The van der Waals surface area contributed by atoms with E-state index < -0.39 is 6.09 Å². The van der Waals surface area contributed by atoms with Crippen molar-refractivity contribution in [2.75, 3.05) is 17.0 Å². The van der Waals surface area contributed by atoms with Crippen LogP contribution in [0, 0.1) is 5.92 Å². The second-order valence-electron chi connectivity index (χ2n) is 9.34. The number of benzene rings is 1. The fraction of sp³-hybridized carbons (Fsp3) is 0.655. The number of hydrogen-bond donors (Lipinski definition) is 2. The molecule has 0 aromatic heterocycles. The van der Waals surface area contributed by atoms with Crippen LogP contribution in [0.4, 0.5) is 16.2 Å². The molecule has 1 rings (SSSR count). The highest BCUT2D eigenvalue weighted by molar-refractivity contribution is 5.95. The molecule has 0 spiro atoms. The third-order valence-corrected chi connectivity index (χ3v) is 6.23. The lowest BCUT2D eigenvalue weighted by Crippen LogP contribution is -2.36. The topological polar surface area (TPSA) is 78.9 Å². The number of nitrogens with zero attached hydrogens (tertiary/aromatic N) is 1. The van der Waals surface area contributed by atoms with E-state index in [1.807, 2.05) is 32.1 Å². The molecule has 1 aromatic rings. The van der Waals surface area contributed by atoms with Gasteiger partial charge in [0.1, 0.15) is 0 Å². The molecule has 0 fully saturated rings. The van der Waals surface area contributed by atoms with Gasteiger partial charge in [-0.05, 0) is 38.3 Å². The third-order valence-electron chi connectivity index (χ3n) is 6.23. The molecule has 198 valence electrons. The van der Waals surface area contributed by atoms with Crippen molar-refractivity contribution in [1.82, 2.24) is 0 Å². The van der Waals surface area contributed by atoms with Crippen LogP contribution in [0.5, 0.6) is 0 Å². The van der Waals surface area contributed by atoms with E-state index in [0.29, 0.717) is 24.4 Å². The van der Waals surface area contributed by atoms with Gasteiger partial charge < -0.3 is 5.11 Å². The number of nitrogens with one attached hydrogen (secondary N) is 1. The van der Waals surface area contributed by atoms with E-state index in [1.54, 1.807) is 12.1 Å². The highest BCUT2D eigenvalue weighted by Crippen LogP contribution is 2.31. The number of hydrogen-bond acceptors (Lipinski definition) is 3. The molecule has 2 N–H and O–H groups in total. The van der Waals surface area contributed by atoms with Crippen molar-refractivity contribution >= 4 is 23.4 Å². The van der Waals surface area contributed by atoms with Gasteiger partial charge in [0.05, 0.1) is 12.3 Å². The van der Waals surface area contributed by atoms with Crippen molar-refractivity contribution in [2.45, 2.75) is 111 Å². The van der Waals surface area contributed by atoms with Crippen LogP contribution in [-0.4, -0.2) is 23.7 Å². The number of carbonyl (C=O) groups excluding carboxylic acids is 1. The van der Waals surface area contributed by atoms with E-state index >= 15 is 0 Å². The van der Waals surface area contributed by atoms with Crippen LogP contribution in [0.3, 0.4) is 0 Å². The standard InChI is InChI=1S/C29H48N2O4/c1-5-8-10-11-12-13-14-15-16-17-23-35-31(28(32)24(4)19-7-3)27-22-18-21-26(30-29(33)34)25(27)20-9-6-2/h6,9,18,21-22,24,30H,5,7-8,10-17,19-20,23H2,1-4H3,(H,33,34). The zero-order valence-corrected chi connectivity index (χ0v) is 22.5. The Bertz CT molecular complexity index is 763. The van der Waals surface area contributed by atoms with E-state index in [0.717, 1.165) is 31.2 Å². The van der Waals surface area contributed by atoms with Crippen molar-refractivity contribution < 1.29 is 19.5 Å². The van der Waals surface area contributed by atoms with Crippen LogP contribution in [-0.2, 0) is 16.1 Å². The van der Waals surface area contributed by atoms with E-state index in [1.165, 1.54) is 56.4 Å². The van der Waals surface area contributed by atoms with Crippen molar-refractivity contribution in [3.63, 3.8) is 0 Å². The molecule has 0 saturated carbocycles. The molecule has 0 radical (unpaired) electrons. The van der Waals surface area contributed by atoms with Gasteiger partial charge in [-0.1, -0.05) is 103 Å². The molecule has 6 heteroatoms. The predicted molar refractivity (Wildman–Crippen MR) is 146 cm³/mol. The molecule has 6 nitrogen and oxygen atoms in total. The minimum atomic E-state index is -1.13. The maximum absolute atomic E-state index is 13.4. The van der Waals surface area contributed by atoms with Crippen LogP contribution in [0.1, 0.15) is 110 Å². The Labute approximate surface area is 213 Å². The summed E-state index contributed by atoms with van der Waals surface area (Å²) in [5.74, 6) is -0.272. The number of anilines is 2. The molecule has 0 bridgehead atoms. The van der Waals surface area contributed by atoms with Gasteiger partial charge in [-0.2, -0.15) is 5.06 Å². The smallest absolute Gasteiger partial charge is 0.409 e.